The van der Waals surface area contributed by atoms with Gasteiger partial charge < -0.3 is 4.57 Å². The Morgan fingerprint density at radius 1 is 0.435 bits per heavy atom. The Labute approximate surface area is 270 Å². The highest BCUT2D eigenvalue weighted by Gasteiger charge is 2.17. The van der Waals surface area contributed by atoms with E-state index in [-0.39, 0.29) is 0 Å². The van der Waals surface area contributed by atoms with Crippen molar-refractivity contribution in [2.24, 2.45) is 0 Å². The zero-order valence-electron chi connectivity index (χ0n) is 24.8. The molecule has 4 heteroatoms. The molecule has 216 valence electrons. The van der Waals surface area contributed by atoms with Gasteiger partial charge in [0.2, 0.25) is 0 Å². The molecule has 0 N–H and O–H groups in total. The number of hydrogen-bond acceptors (Lipinski definition) is 3. The van der Waals surface area contributed by atoms with Crippen molar-refractivity contribution >= 4 is 64.3 Å². The van der Waals surface area contributed by atoms with E-state index in [1.807, 2.05) is 30.3 Å². The summed E-state index contributed by atoms with van der Waals surface area (Å²) in [6, 6.07) is 58.1. The molecule has 3 nitrogen and oxygen atoms in total. The van der Waals surface area contributed by atoms with E-state index in [4.69, 9.17) is 9.97 Å². The summed E-state index contributed by atoms with van der Waals surface area (Å²) in [4.78, 5) is 10.4. The second kappa shape index (κ2) is 11.0. The van der Waals surface area contributed by atoms with Gasteiger partial charge in [-0.3, -0.25) is 0 Å². The number of benzene rings is 7. The summed E-state index contributed by atoms with van der Waals surface area (Å²) in [5.74, 6) is 0. The Morgan fingerprint density at radius 3 is 1.93 bits per heavy atom. The first-order valence-corrected chi connectivity index (χ1v) is 16.2. The number of rotatable bonds is 3. The van der Waals surface area contributed by atoms with Gasteiger partial charge in [0, 0.05) is 37.1 Å². The van der Waals surface area contributed by atoms with Gasteiger partial charge in [-0.1, -0.05) is 103 Å². The lowest BCUT2D eigenvalue weighted by molar-refractivity contribution is 1.17. The van der Waals surface area contributed by atoms with E-state index >= 15 is 0 Å². The number of hydrogen-bond donors (Lipinski definition) is 0. The van der Waals surface area contributed by atoms with Crippen LogP contribution in [0.2, 0.25) is 0 Å². The van der Waals surface area contributed by atoms with Crippen LogP contribution in [0.1, 0.15) is 0 Å². The lowest BCUT2D eigenvalue weighted by Gasteiger charge is -2.15. The molecule has 4 bridgehead atoms. The summed E-state index contributed by atoms with van der Waals surface area (Å²) in [7, 11) is 0. The molecule has 0 aliphatic carbocycles. The van der Waals surface area contributed by atoms with Crippen molar-refractivity contribution in [3.8, 4) is 28.2 Å². The molecule has 0 saturated carbocycles. The second-order valence-corrected chi connectivity index (χ2v) is 12.6. The van der Waals surface area contributed by atoms with Crippen molar-refractivity contribution in [2.45, 2.75) is 0 Å². The predicted molar refractivity (Wildman–Crippen MR) is 195 cm³/mol. The van der Waals surface area contributed by atoms with Crippen LogP contribution in [0.5, 0.6) is 0 Å². The average Bonchev–Trinajstić information content (AvgIpc) is 3.13. The molecule has 9 aromatic rings. The van der Waals surface area contributed by atoms with Crippen LogP contribution in [0.15, 0.2) is 164 Å². The molecule has 0 spiro atoms. The normalized spacial score (nSPS) is 11.5. The zero-order valence-corrected chi connectivity index (χ0v) is 25.7. The molecule has 2 heterocycles. The molecule has 0 radical (unpaired) electrons. The number of para-hydroxylation sites is 4. The van der Waals surface area contributed by atoms with Gasteiger partial charge in [-0.2, -0.15) is 0 Å². The van der Waals surface area contributed by atoms with Gasteiger partial charge in [-0.25, -0.2) is 9.97 Å². The first-order valence-electron chi connectivity index (χ1n) is 15.4. The van der Waals surface area contributed by atoms with Gasteiger partial charge in [0.15, 0.2) is 0 Å². The quantitative estimate of drug-likeness (QED) is 0.201. The largest absolute Gasteiger partial charge is 0.310 e. The maximum atomic E-state index is 5.27. The summed E-state index contributed by atoms with van der Waals surface area (Å²) < 4.78 is 4.76. The molecule has 0 saturated heterocycles. The molecule has 0 aliphatic heterocycles. The highest BCUT2D eigenvalue weighted by molar-refractivity contribution is 7.22. The second-order valence-electron chi connectivity index (χ2n) is 11.4. The molecular weight excluding hydrogens is 579 g/mol. The van der Waals surface area contributed by atoms with E-state index in [1.165, 1.54) is 25.6 Å². The van der Waals surface area contributed by atoms with E-state index in [0.29, 0.717) is 0 Å². The molecule has 0 aliphatic rings. The summed E-state index contributed by atoms with van der Waals surface area (Å²) in [6.45, 7) is 0. The van der Waals surface area contributed by atoms with Crippen molar-refractivity contribution in [2.75, 3.05) is 0 Å². The molecular formula is C42H27N3S. The minimum atomic E-state index is 0.885. The van der Waals surface area contributed by atoms with Gasteiger partial charge in [0.1, 0.15) is 0 Å². The van der Waals surface area contributed by atoms with E-state index in [2.05, 4.69) is 138 Å². The van der Waals surface area contributed by atoms with Crippen LogP contribution >= 0.6 is 11.3 Å². The van der Waals surface area contributed by atoms with Crippen LogP contribution in [0.3, 0.4) is 0 Å². The third kappa shape index (κ3) is 4.50. The Bertz CT molecular complexity index is 2630. The molecule has 0 fully saturated rings. The SMILES string of the molecule is c1ccc(-c2nc3ccccc3nc2-c2ccc3c4cc(ccc24)sc2cccc(c2)n(-c2ccccc2)c2ccccc32)cc1. The van der Waals surface area contributed by atoms with E-state index in [1.54, 1.807) is 11.3 Å². The molecule has 46 heavy (non-hydrogen) atoms. The van der Waals surface area contributed by atoms with E-state index in [0.717, 1.165) is 55.7 Å². The fourth-order valence-electron chi connectivity index (χ4n) is 6.54. The number of aromatic nitrogens is 3. The van der Waals surface area contributed by atoms with Crippen LogP contribution < -0.4 is 0 Å². The van der Waals surface area contributed by atoms with Gasteiger partial charge in [0.25, 0.3) is 0 Å². The molecule has 7 aromatic carbocycles. The van der Waals surface area contributed by atoms with Crippen molar-refractivity contribution in [3.63, 3.8) is 0 Å². The lowest BCUT2D eigenvalue weighted by atomic mass is 9.95. The average molecular weight is 606 g/mol. The Kier molecular flexibility index (Phi) is 6.32. The molecule has 9 rings (SSSR count). The van der Waals surface area contributed by atoms with Crippen LogP contribution in [0, 0.1) is 0 Å². The van der Waals surface area contributed by atoms with Gasteiger partial charge in [-0.05, 0) is 76.8 Å². The summed E-state index contributed by atoms with van der Waals surface area (Å²) in [5.41, 5.74) is 9.05. The minimum Gasteiger partial charge on any atom is -0.310 e. The van der Waals surface area contributed by atoms with Crippen molar-refractivity contribution < 1.29 is 0 Å². The van der Waals surface area contributed by atoms with Crippen molar-refractivity contribution in [1.29, 1.82) is 0 Å². The molecule has 2 aromatic heterocycles. The fraction of sp³-hybridized carbons (Fsp3) is 0. The Hall–Kier alpha value is -5.84. The smallest absolute Gasteiger partial charge is 0.0979 e. The van der Waals surface area contributed by atoms with Crippen LogP contribution in [-0.2, 0) is 0 Å². The first-order chi connectivity index (χ1) is 22.8. The van der Waals surface area contributed by atoms with Crippen LogP contribution in [0.4, 0.5) is 0 Å². The van der Waals surface area contributed by atoms with Gasteiger partial charge in [-0.15, -0.1) is 11.3 Å². The predicted octanol–water partition coefficient (Wildman–Crippen LogP) is 11.6. The third-order valence-corrected chi connectivity index (χ3v) is 9.60. The van der Waals surface area contributed by atoms with Crippen molar-refractivity contribution in [3.05, 3.63) is 164 Å². The van der Waals surface area contributed by atoms with E-state index < -0.39 is 0 Å². The highest BCUT2D eigenvalue weighted by atomic mass is 32.1. The zero-order chi connectivity index (χ0) is 30.5. The van der Waals surface area contributed by atoms with E-state index in [9.17, 15) is 0 Å². The molecule has 0 amide bonds. The lowest BCUT2D eigenvalue weighted by Crippen LogP contribution is -1.97. The maximum absolute atomic E-state index is 5.27. The maximum Gasteiger partial charge on any atom is 0.0979 e. The van der Waals surface area contributed by atoms with Crippen molar-refractivity contribution in [1.82, 2.24) is 14.5 Å². The summed E-state index contributed by atoms with van der Waals surface area (Å²) in [5, 5.41) is 4.69. The Morgan fingerprint density at radius 2 is 1.11 bits per heavy atom. The van der Waals surface area contributed by atoms with Crippen LogP contribution in [0.25, 0.3) is 81.2 Å². The topological polar surface area (TPSA) is 30.7 Å². The molecule has 0 atom stereocenters. The standard InChI is InChI=1S/C42H27N3S/c1-3-12-28(13-4-1)41-42(44-39-20-9-8-19-38(39)43-41)36-25-24-33-35-18-7-10-21-40(35)45(29-14-5-2-6-15-29)30-16-11-17-31(26-30)46-32-22-23-34(36)37(33)27-32/h1-27H. The number of fused-ring (bicyclic) bond motifs is 6. The summed E-state index contributed by atoms with van der Waals surface area (Å²) in [6.07, 6.45) is 0. The summed E-state index contributed by atoms with van der Waals surface area (Å²) >= 11 is 1.79. The fourth-order valence-corrected chi connectivity index (χ4v) is 7.45. The highest BCUT2D eigenvalue weighted by Crippen LogP contribution is 2.39. The Balaban J connectivity index is 1.45. The minimum absolute atomic E-state index is 0.885. The van der Waals surface area contributed by atoms with Gasteiger partial charge in [0.05, 0.1) is 27.9 Å². The molecule has 0 unspecified atom stereocenters. The third-order valence-electron chi connectivity index (χ3n) is 8.62. The van der Waals surface area contributed by atoms with Crippen LogP contribution in [-0.4, -0.2) is 14.5 Å². The monoisotopic (exact) mass is 605 g/mol. The number of nitrogens with zero attached hydrogens (tertiary/aromatic N) is 3. The first kappa shape index (κ1) is 26.6. The van der Waals surface area contributed by atoms with Gasteiger partial charge >= 0.3 is 0 Å².